The molecule has 1 fully saturated rings. The van der Waals surface area contributed by atoms with Crippen LogP contribution >= 0.6 is 0 Å². The molecule has 0 amide bonds. The van der Waals surface area contributed by atoms with Crippen molar-refractivity contribution in [2.24, 2.45) is 0 Å². The summed E-state index contributed by atoms with van der Waals surface area (Å²) in [5, 5.41) is 0. The molecule has 1 aromatic heterocycles. The fourth-order valence-corrected chi connectivity index (χ4v) is 1.71. The molecule has 0 unspecified atom stereocenters. The molecule has 1 aromatic rings. The van der Waals surface area contributed by atoms with Crippen molar-refractivity contribution < 1.29 is 8.78 Å². The Morgan fingerprint density at radius 2 is 1.93 bits per heavy atom. The smallest absolute Gasteiger partial charge is 0.251 e. The van der Waals surface area contributed by atoms with Gasteiger partial charge in [0.15, 0.2) is 0 Å². The minimum absolute atomic E-state index is 0.0954. The van der Waals surface area contributed by atoms with Crippen LogP contribution in [-0.4, -0.2) is 24.0 Å². The normalized spacial score (nSPS) is 20.3. The van der Waals surface area contributed by atoms with Gasteiger partial charge in [0.25, 0.3) is 5.92 Å². The highest BCUT2D eigenvalue weighted by Crippen LogP contribution is 2.30. The number of nitrogen functional groups attached to an aromatic ring is 1. The van der Waals surface area contributed by atoms with Crippen LogP contribution in [0.15, 0.2) is 18.5 Å². The molecule has 0 spiro atoms. The number of anilines is 2. The average Bonchev–Trinajstić information content (AvgIpc) is 2.17. The van der Waals surface area contributed by atoms with Gasteiger partial charge in [0.2, 0.25) is 0 Å². The molecule has 1 aliphatic rings. The van der Waals surface area contributed by atoms with Crippen LogP contribution in [0.1, 0.15) is 12.8 Å². The molecule has 2 heterocycles. The van der Waals surface area contributed by atoms with Crippen LogP contribution < -0.4 is 10.6 Å². The van der Waals surface area contributed by atoms with Gasteiger partial charge >= 0.3 is 0 Å². The number of hydrogen-bond acceptors (Lipinski definition) is 3. The summed E-state index contributed by atoms with van der Waals surface area (Å²) in [4.78, 5) is 5.83. The zero-order valence-electron chi connectivity index (χ0n) is 8.29. The lowest BCUT2D eigenvalue weighted by atomic mass is 10.1. The Morgan fingerprint density at radius 3 is 2.53 bits per heavy atom. The molecule has 5 heteroatoms. The molecular weight excluding hydrogens is 200 g/mol. The molecule has 1 saturated heterocycles. The Labute approximate surface area is 86.9 Å². The van der Waals surface area contributed by atoms with Crippen molar-refractivity contribution in [2.75, 3.05) is 23.7 Å². The van der Waals surface area contributed by atoms with Crippen LogP contribution in [0, 0.1) is 0 Å². The van der Waals surface area contributed by atoms with Crippen molar-refractivity contribution in [3.05, 3.63) is 18.5 Å². The monoisotopic (exact) mass is 213 g/mol. The Kier molecular flexibility index (Phi) is 2.46. The highest BCUT2D eigenvalue weighted by atomic mass is 19.3. The first-order valence-electron chi connectivity index (χ1n) is 4.90. The zero-order valence-corrected chi connectivity index (χ0v) is 8.29. The Morgan fingerprint density at radius 1 is 1.27 bits per heavy atom. The number of nitrogens with two attached hydrogens (primary N) is 1. The van der Waals surface area contributed by atoms with Crippen LogP contribution in [0.4, 0.5) is 20.2 Å². The molecule has 3 nitrogen and oxygen atoms in total. The first-order valence-corrected chi connectivity index (χ1v) is 4.90. The quantitative estimate of drug-likeness (QED) is 0.774. The van der Waals surface area contributed by atoms with Gasteiger partial charge in [-0.25, -0.2) is 8.78 Å². The van der Waals surface area contributed by atoms with Gasteiger partial charge in [-0.2, -0.15) is 0 Å². The van der Waals surface area contributed by atoms with E-state index in [0.717, 1.165) is 5.69 Å². The van der Waals surface area contributed by atoms with E-state index in [1.165, 1.54) is 0 Å². The number of alkyl halides is 2. The molecule has 2 N–H and O–H groups in total. The van der Waals surface area contributed by atoms with Crippen molar-refractivity contribution in [3.8, 4) is 0 Å². The number of halogens is 2. The van der Waals surface area contributed by atoms with E-state index in [4.69, 9.17) is 5.73 Å². The summed E-state index contributed by atoms with van der Waals surface area (Å²) in [5.74, 6) is -2.51. The molecule has 0 aromatic carbocycles. The van der Waals surface area contributed by atoms with E-state index in [9.17, 15) is 8.78 Å². The minimum Gasteiger partial charge on any atom is -0.397 e. The van der Waals surface area contributed by atoms with E-state index in [0.29, 0.717) is 18.8 Å². The van der Waals surface area contributed by atoms with Crippen molar-refractivity contribution >= 4 is 11.4 Å². The number of pyridine rings is 1. The van der Waals surface area contributed by atoms with E-state index in [-0.39, 0.29) is 12.8 Å². The van der Waals surface area contributed by atoms with Gasteiger partial charge in [-0.05, 0) is 6.07 Å². The number of nitrogens with zero attached hydrogens (tertiary/aromatic N) is 2. The lowest BCUT2D eigenvalue weighted by Crippen LogP contribution is -2.39. The summed E-state index contributed by atoms with van der Waals surface area (Å²) in [6, 6.07) is 1.76. The standard InChI is InChI=1S/C10H13F2N3/c11-10(12)1-3-15(4-2-10)9-5-8(13)6-14-7-9/h5-7H,1-4,13H2. The van der Waals surface area contributed by atoms with Crippen molar-refractivity contribution in [1.29, 1.82) is 0 Å². The predicted molar refractivity (Wildman–Crippen MR) is 55.0 cm³/mol. The van der Waals surface area contributed by atoms with Gasteiger partial charge in [0.1, 0.15) is 0 Å². The van der Waals surface area contributed by atoms with Gasteiger partial charge in [-0.3, -0.25) is 4.98 Å². The molecule has 0 radical (unpaired) electrons. The number of rotatable bonds is 1. The lowest BCUT2D eigenvalue weighted by Gasteiger charge is -2.33. The highest BCUT2D eigenvalue weighted by Gasteiger charge is 2.34. The molecule has 1 aliphatic heterocycles. The Bertz CT molecular complexity index is 344. The van der Waals surface area contributed by atoms with Gasteiger partial charge in [-0.1, -0.05) is 0 Å². The fourth-order valence-electron chi connectivity index (χ4n) is 1.71. The van der Waals surface area contributed by atoms with Crippen molar-refractivity contribution in [2.45, 2.75) is 18.8 Å². The molecule has 0 atom stereocenters. The molecule has 0 aliphatic carbocycles. The van der Waals surface area contributed by atoms with Gasteiger partial charge < -0.3 is 10.6 Å². The topological polar surface area (TPSA) is 42.1 Å². The minimum atomic E-state index is -2.51. The number of piperidine rings is 1. The molecular formula is C10H13F2N3. The number of aromatic nitrogens is 1. The SMILES string of the molecule is Nc1cncc(N2CCC(F)(F)CC2)c1. The van der Waals surface area contributed by atoms with E-state index in [1.54, 1.807) is 18.5 Å². The van der Waals surface area contributed by atoms with Crippen LogP contribution in [0.3, 0.4) is 0 Å². The van der Waals surface area contributed by atoms with Crippen molar-refractivity contribution in [1.82, 2.24) is 4.98 Å². The maximum Gasteiger partial charge on any atom is 0.251 e. The summed E-state index contributed by atoms with van der Waals surface area (Å²) in [7, 11) is 0. The summed E-state index contributed by atoms with van der Waals surface area (Å²) >= 11 is 0. The molecule has 15 heavy (non-hydrogen) atoms. The molecule has 0 saturated carbocycles. The van der Waals surface area contributed by atoms with Crippen LogP contribution in [0.25, 0.3) is 0 Å². The predicted octanol–water partition coefficient (Wildman–Crippen LogP) is 1.90. The third kappa shape index (κ3) is 2.34. The van der Waals surface area contributed by atoms with E-state index in [2.05, 4.69) is 4.98 Å². The summed E-state index contributed by atoms with van der Waals surface area (Å²) in [6.07, 6.45) is 3.01. The van der Waals surface area contributed by atoms with E-state index >= 15 is 0 Å². The summed E-state index contributed by atoms with van der Waals surface area (Å²) in [5.41, 5.74) is 6.97. The first-order chi connectivity index (χ1) is 7.07. The van der Waals surface area contributed by atoms with Crippen LogP contribution in [0.5, 0.6) is 0 Å². The second-order valence-electron chi connectivity index (χ2n) is 3.82. The zero-order chi connectivity index (χ0) is 10.9. The molecule has 82 valence electrons. The van der Waals surface area contributed by atoms with E-state index < -0.39 is 5.92 Å². The lowest BCUT2D eigenvalue weighted by molar-refractivity contribution is -0.0220. The maximum absolute atomic E-state index is 12.9. The van der Waals surface area contributed by atoms with Gasteiger partial charge in [0, 0.05) is 32.1 Å². The maximum atomic E-state index is 12.9. The van der Waals surface area contributed by atoms with Crippen LogP contribution in [-0.2, 0) is 0 Å². The van der Waals surface area contributed by atoms with Crippen LogP contribution in [0.2, 0.25) is 0 Å². The highest BCUT2D eigenvalue weighted by molar-refractivity contribution is 5.53. The summed E-state index contributed by atoms with van der Waals surface area (Å²) < 4.78 is 25.8. The summed E-state index contributed by atoms with van der Waals surface area (Å²) in [6.45, 7) is 0.719. The average molecular weight is 213 g/mol. The third-order valence-corrected chi connectivity index (χ3v) is 2.61. The third-order valence-electron chi connectivity index (χ3n) is 2.61. The molecule has 0 bridgehead atoms. The second kappa shape index (κ2) is 3.64. The van der Waals surface area contributed by atoms with Gasteiger partial charge in [0.05, 0.1) is 17.6 Å². The Hall–Kier alpha value is -1.39. The van der Waals surface area contributed by atoms with E-state index in [1.807, 2.05) is 4.90 Å². The second-order valence-corrected chi connectivity index (χ2v) is 3.82. The first kappa shape index (κ1) is 10.1. The van der Waals surface area contributed by atoms with Gasteiger partial charge in [-0.15, -0.1) is 0 Å². The van der Waals surface area contributed by atoms with Crippen molar-refractivity contribution in [3.63, 3.8) is 0 Å². The fraction of sp³-hybridized carbons (Fsp3) is 0.500. The largest absolute Gasteiger partial charge is 0.397 e. The number of hydrogen-bond donors (Lipinski definition) is 1. The molecule has 2 rings (SSSR count). The Balaban J connectivity index is 2.08.